The Balaban J connectivity index is 0.00000220. The number of aliphatic carboxylic acids is 1. The zero-order chi connectivity index (χ0) is 14.7. The van der Waals surface area contributed by atoms with Crippen molar-refractivity contribution < 1.29 is 14.7 Å². The molecule has 1 saturated heterocycles. The third kappa shape index (κ3) is 5.25. The van der Waals surface area contributed by atoms with Gasteiger partial charge < -0.3 is 10.0 Å². The molecule has 8 heteroatoms. The summed E-state index contributed by atoms with van der Waals surface area (Å²) < 4.78 is 1.03. The Labute approximate surface area is 142 Å². The van der Waals surface area contributed by atoms with Crippen LogP contribution in [0.3, 0.4) is 0 Å². The highest BCUT2D eigenvalue weighted by atomic mass is 79.9. The van der Waals surface area contributed by atoms with Crippen molar-refractivity contribution in [2.45, 2.75) is 13.0 Å². The summed E-state index contributed by atoms with van der Waals surface area (Å²) in [6.45, 7) is 2.04. The van der Waals surface area contributed by atoms with E-state index in [-0.39, 0.29) is 24.2 Å². The van der Waals surface area contributed by atoms with Crippen molar-refractivity contribution in [3.63, 3.8) is 0 Å². The molecule has 1 aromatic rings. The van der Waals surface area contributed by atoms with Crippen molar-refractivity contribution in [2.24, 2.45) is 5.92 Å². The lowest BCUT2D eigenvalue weighted by Gasteiger charge is -2.20. The lowest BCUT2D eigenvalue weighted by molar-refractivity contribution is -0.141. The standard InChI is InChI=1S/C13H17BrN2O3S.ClH/c1-15(6-11-4-10(14)8-20-11)12(17)7-16-3-2-9(5-16)13(18)19;/h4,8-9H,2-3,5-7H2,1H3,(H,18,19);1H. The maximum Gasteiger partial charge on any atom is 0.307 e. The van der Waals surface area contributed by atoms with Gasteiger partial charge in [-0.1, -0.05) is 0 Å². The summed E-state index contributed by atoms with van der Waals surface area (Å²) in [5, 5.41) is 10.9. The van der Waals surface area contributed by atoms with E-state index in [2.05, 4.69) is 15.9 Å². The summed E-state index contributed by atoms with van der Waals surface area (Å²) in [6, 6.07) is 2.00. The van der Waals surface area contributed by atoms with Crippen LogP contribution < -0.4 is 0 Å². The first-order valence-electron chi connectivity index (χ1n) is 6.37. The molecule has 2 heterocycles. The van der Waals surface area contributed by atoms with Crippen LogP contribution in [0.2, 0.25) is 0 Å². The molecule has 118 valence electrons. The van der Waals surface area contributed by atoms with Crippen LogP contribution in [0.15, 0.2) is 15.9 Å². The number of carboxylic acids is 1. The van der Waals surface area contributed by atoms with E-state index in [1.807, 2.05) is 16.3 Å². The molecule has 5 nitrogen and oxygen atoms in total. The van der Waals surface area contributed by atoms with E-state index in [9.17, 15) is 9.59 Å². The second-order valence-electron chi connectivity index (χ2n) is 5.04. The Morgan fingerprint density at radius 3 is 2.81 bits per heavy atom. The van der Waals surface area contributed by atoms with Gasteiger partial charge in [0.2, 0.25) is 5.91 Å². The van der Waals surface area contributed by atoms with E-state index in [0.717, 1.165) is 9.35 Å². The van der Waals surface area contributed by atoms with Crippen LogP contribution in [0, 0.1) is 5.92 Å². The average molecular weight is 398 g/mol. The van der Waals surface area contributed by atoms with Gasteiger partial charge in [-0.25, -0.2) is 0 Å². The van der Waals surface area contributed by atoms with Crippen molar-refractivity contribution in [1.82, 2.24) is 9.80 Å². The minimum absolute atomic E-state index is 0. The van der Waals surface area contributed by atoms with Gasteiger partial charge in [0.05, 0.1) is 19.0 Å². The molecule has 2 rings (SSSR count). The largest absolute Gasteiger partial charge is 0.481 e. The molecule has 1 aliphatic rings. The Bertz CT molecular complexity index is 511. The van der Waals surface area contributed by atoms with E-state index in [1.54, 1.807) is 23.3 Å². The lowest BCUT2D eigenvalue weighted by atomic mass is 10.1. The Morgan fingerprint density at radius 1 is 1.57 bits per heavy atom. The quantitative estimate of drug-likeness (QED) is 0.828. The fourth-order valence-corrected chi connectivity index (χ4v) is 3.75. The number of nitrogens with zero attached hydrogens (tertiary/aromatic N) is 2. The molecule has 1 N–H and O–H groups in total. The van der Waals surface area contributed by atoms with Crippen LogP contribution in [-0.2, 0) is 16.1 Å². The molecule has 0 aliphatic carbocycles. The highest BCUT2D eigenvalue weighted by Crippen LogP contribution is 2.21. The summed E-state index contributed by atoms with van der Waals surface area (Å²) in [7, 11) is 1.78. The molecule has 0 bridgehead atoms. The summed E-state index contributed by atoms with van der Waals surface area (Å²) in [5.74, 6) is -1.07. The van der Waals surface area contributed by atoms with Crippen LogP contribution in [0.4, 0.5) is 0 Å². The molecular formula is C13H18BrClN2O3S. The van der Waals surface area contributed by atoms with Crippen LogP contribution in [-0.4, -0.2) is 53.5 Å². The predicted octanol–water partition coefficient (Wildman–Crippen LogP) is 2.30. The van der Waals surface area contributed by atoms with Crippen LogP contribution in [0.1, 0.15) is 11.3 Å². The Hall–Kier alpha value is -0.630. The van der Waals surface area contributed by atoms with Crippen molar-refractivity contribution in [1.29, 1.82) is 0 Å². The topological polar surface area (TPSA) is 60.9 Å². The zero-order valence-corrected chi connectivity index (χ0v) is 14.8. The van der Waals surface area contributed by atoms with E-state index in [4.69, 9.17) is 5.11 Å². The number of hydrogen-bond donors (Lipinski definition) is 1. The van der Waals surface area contributed by atoms with Gasteiger partial charge in [-0.15, -0.1) is 23.7 Å². The molecule has 1 aliphatic heterocycles. The second kappa shape index (κ2) is 8.12. The van der Waals surface area contributed by atoms with Crippen molar-refractivity contribution in [3.8, 4) is 0 Å². The van der Waals surface area contributed by atoms with E-state index in [1.165, 1.54) is 0 Å². The van der Waals surface area contributed by atoms with Crippen LogP contribution in [0.25, 0.3) is 0 Å². The molecule has 1 atom stereocenters. The molecule has 0 radical (unpaired) electrons. The third-order valence-electron chi connectivity index (χ3n) is 3.42. The number of likely N-dealkylation sites (N-methyl/N-ethyl adjacent to an activating group) is 1. The normalized spacial score (nSPS) is 18.3. The number of rotatable bonds is 5. The summed E-state index contributed by atoms with van der Waals surface area (Å²) >= 11 is 5.00. The van der Waals surface area contributed by atoms with Crippen molar-refractivity contribution >= 4 is 51.6 Å². The average Bonchev–Trinajstić information content (AvgIpc) is 2.98. The summed E-state index contributed by atoms with van der Waals surface area (Å²) in [6.07, 6.45) is 0.629. The number of hydrogen-bond acceptors (Lipinski definition) is 4. The first-order chi connectivity index (χ1) is 9.45. The molecule has 0 spiro atoms. The number of likely N-dealkylation sites (tertiary alicyclic amines) is 1. The maximum absolute atomic E-state index is 12.1. The van der Waals surface area contributed by atoms with Gasteiger partial charge in [0, 0.05) is 28.3 Å². The van der Waals surface area contributed by atoms with Crippen molar-refractivity contribution in [3.05, 3.63) is 20.8 Å². The van der Waals surface area contributed by atoms with Crippen LogP contribution in [0.5, 0.6) is 0 Å². The van der Waals surface area contributed by atoms with Gasteiger partial charge >= 0.3 is 5.97 Å². The van der Waals surface area contributed by atoms with Gasteiger partial charge in [-0.3, -0.25) is 14.5 Å². The van der Waals surface area contributed by atoms with Crippen molar-refractivity contribution in [2.75, 3.05) is 26.7 Å². The molecule has 1 amide bonds. The van der Waals surface area contributed by atoms with Gasteiger partial charge in [0.25, 0.3) is 0 Å². The second-order valence-corrected chi connectivity index (χ2v) is 6.95. The van der Waals surface area contributed by atoms with E-state index in [0.29, 0.717) is 32.6 Å². The number of carboxylic acid groups (broad SMARTS) is 1. The highest BCUT2D eigenvalue weighted by Gasteiger charge is 2.29. The smallest absolute Gasteiger partial charge is 0.307 e. The first kappa shape index (κ1) is 18.4. The lowest BCUT2D eigenvalue weighted by Crippen LogP contribution is -2.37. The summed E-state index contributed by atoms with van der Waals surface area (Å²) in [5.41, 5.74) is 0. The molecule has 1 unspecified atom stereocenters. The number of amides is 1. The molecule has 0 saturated carbocycles. The molecule has 21 heavy (non-hydrogen) atoms. The van der Waals surface area contributed by atoms with E-state index < -0.39 is 5.97 Å². The first-order valence-corrected chi connectivity index (χ1v) is 8.05. The Morgan fingerprint density at radius 2 is 2.29 bits per heavy atom. The summed E-state index contributed by atoms with van der Waals surface area (Å²) in [4.78, 5) is 27.7. The monoisotopic (exact) mass is 396 g/mol. The predicted molar refractivity (Wildman–Crippen MR) is 87.9 cm³/mol. The maximum atomic E-state index is 12.1. The number of carbonyl (C=O) groups is 2. The third-order valence-corrected chi connectivity index (χ3v) is 5.10. The van der Waals surface area contributed by atoms with E-state index >= 15 is 0 Å². The number of halogens is 2. The molecule has 1 fully saturated rings. The van der Waals surface area contributed by atoms with Gasteiger partial charge in [-0.2, -0.15) is 0 Å². The van der Waals surface area contributed by atoms with Crippen LogP contribution >= 0.6 is 39.7 Å². The SMILES string of the molecule is CN(Cc1cc(Br)cs1)C(=O)CN1CCC(C(=O)O)C1.Cl. The van der Waals surface area contributed by atoms with Gasteiger partial charge in [-0.05, 0) is 35.0 Å². The number of thiophene rings is 1. The molecule has 1 aromatic heterocycles. The van der Waals surface area contributed by atoms with Gasteiger partial charge in [0.1, 0.15) is 0 Å². The Kier molecular flexibility index (Phi) is 7.12. The molecule has 0 aromatic carbocycles. The minimum atomic E-state index is -0.767. The fraction of sp³-hybridized carbons (Fsp3) is 0.538. The molecular weight excluding hydrogens is 380 g/mol. The fourth-order valence-electron chi connectivity index (χ4n) is 2.25. The number of carbonyl (C=O) groups excluding carboxylic acids is 1. The van der Waals surface area contributed by atoms with Gasteiger partial charge in [0.15, 0.2) is 0 Å². The zero-order valence-electron chi connectivity index (χ0n) is 11.6. The highest BCUT2D eigenvalue weighted by molar-refractivity contribution is 9.10. The minimum Gasteiger partial charge on any atom is -0.481 e.